The Balaban J connectivity index is 2.15. The Morgan fingerprint density at radius 1 is 1.27 bits per heavy atom. The molecule has 0 aromatic rings. The van der Waals surface area contributed by atoms with Gasteiger partial charge in [-0.3, -0.25) is 4.79 Å². The van der Waals surface area contributed by atoms with E-state index in [1.165, 1.54) is 0 Å². The van der Waals surface area contributed by atoms with Gasteiger partial charge in [-0.1, -0.05) is 11.6 Å². The van der Waals surface area contributed by atoms with Crippen LogP contribution in [0.25, 0.3) is 0 Å². The standard InChI is InChI=1S/C15H27ClN2O4/c1-15(2,3)22-14(20)17-12-6-9-18(10-7-12)8-4-5-13(19)21-11-16/h12H,4-11H2,1-3H3,(H,17,20). The van der Waals surface area contributed by atoms with Crippen molar-refractivity contribution in [1.29, 1.82) is 0 Å². The number of likely N-dealkylation sites (tertiary alicyclic amines) is 1. The Morgan fingerprint density at radius 2 is 1.91 bits per heavy atom. The SMILES string of the molecule is CC(C)(C)OC(=O)NC1CCN(CCCC(=O)OCCl)CC1. The molecule has 0 aromatic carbocycles. The lowest BCUT2D eigenvalue weighted by molar-refractivity contribution is -0.141. The van der Waals surface area contributed by atoms with Crippen LogP contribution in [0.3, 0.4) is 0 Å². The lowest BCUT2D eigenvalue weighted by Crippen LogP contribution is -2.46. The number of nitrogens with one attached hydrogen (secondary N) is 1. The number of carbonyl (C=O) groups excluding carboxylic acids is 2. The van der Waals surface area contributed by atoms with E-state index in [4.69, 9.17) is 16.3 Å². The van der Waals surface area contributed by atoms with Gasteiger partial charge in [0.2, 0.25) is 0 Å². The van der Waals surface area contributed by atoms with E-state index in [1.54, 1.807) is 0 Å². The minimum Gasteiger partial charge on any atom is -0.449 e. The molecule has 1 N–H and O–H groups in total. The van der Waals surface area contributed by atoms with Gasteiger partial charge in [0.05, 0.1) is 0 Å². The van der Waals surface area contributed by atoms with Crippen molar-refractivity contribution in [3.63, 3.8) is 0 Å². The zero-order chi connectivity index (χ0) is 16.6. The topological polar surface area (TPSA) is 67.9 Å². The van der Waals surface area contributed by atoms with Gasteiger partial charge in [0.15, 0.2) is 6.07 Å². The number of alkyl carbamates (subject to hydrolysis) is 1. The third-order valence-corrected chi connectivity index (χ3v) is 3.49. The zero-order valence-corrected chi connectivity index (χ0v) is 14.4. The van der Waals surface area contributed by atoms with E-state index in [1.807, 2.05) is 20.8 Å². The molecule has 1 aliphatic heterocycles. The van der Waals surface area contributed by atoms with Gasteiger partial charge in [0.25, 0.3) is 0 Å². The quantitative estimate of drug-likeness (QED) is 0.597. The Labute approximate surface area is 137 Å². The van der Waals surface area contributed by atoms with Crippen LogP contribution in [0.1, 0.15) is 46.5 Å². The largest absolute Gasteiger partial charge is 0.449 e. The van der Waals surface area contributed by atoms with Crippen LogP contribution in [0.15, 0.2) is 0 Å². The van der Waals surface area contributed by atoms with Crippen molar-refractivity contribution in [2.75, 3.05) is 25.7 Å². The molecule has 0 aromatic heterocycles. The van der Waals surface area contributed by atoms with E-state index in [2.05, 4.69) is 15.0 Å². The molecule has 0 saturated carbocycles. The van der Waals surface area contributed by atoms with Crippen molar-refractivity contribution in [2.45, 2.75) is 58.1 Å². The van der Waals surface area contributed by atoms with Gasteiger partial charge >= 0.3 is 12.1 Å². The van der Waals surface area contributed by atoms with Gasteiger partial charge in [-0.2, -0.15) is 0 Å². The summed E-state index contributed by atoms with van der Waals surface area (Å²) in [5.74, 6) is -0.253. The first-order valence-electron chi connectivity index (χ1n) is 7.73. The number of esters is 1. The summed E-state index contributed by atoms with van der Waals surface area (Å²) < 4.78 is 9.93. The van der Waals surface area contributed by atoms with Crippen LogP contribution in [0.2, 0.25) is 0 Å². The van der Waals surface area contributed by atoms with E-state index in [0.29, 0.717) is 6.42 Å². The molecule has 1 saturated heterocycles. The Morgan fingerprint density at radius 3 is 2.45 bits per heavy atom. The molecular weight excluding hydrogens is 308 g/mol. The van der Waals surface area contributed by atoms with Crippen molar-refractivity contribution in [2.24, 2.45) is 0 Å². The molecule has 7 heteroatoms. The van der Waals surface area contributed by atoms with Crippen LogP contribution in [-0.4, -0.2) is 54.3 Å². The van der Waals surface area contributed by atoms with Gasteiger partial charge in [0.1, 0.15) is 5.60 Å². The van der Waals surface area contributed by atoms with Crippen molar-refractivity contribution in [3.8, 4) is 0 Å². The second-order valence-corrected chi connectivity index (χ2v) is 6.71. The highest BCUT2D eigenvalue weighted by Crippen LogP contribution is 2.13. The second-order valence-electron chi connectivity index (χ2n) is 6.49. The lowest BCUT2D eigenvalue weighted by Gasteiger charge is -2.32. The van der Waals surface area contributed by atoms with E-state index < -0.39 is 5.60 Å². The van der Waals surface area contributed by atoms with Gasteiger partial charge in [-0.05, 0) is 46.6 Å². The normalized spacial score (nSPS) is 17.1. The minimum atomic E-state index is -0.470. The monoisotopic (exact) mass is 334 g/mol. The molecule has 1 fully saturated rings. The van der Waals surface area contributed by atoms with Gasteiger partial charge in [0, 0.05) is 25.6 Å². The molecule has 1 heterocycles. The molecule has 0 unspecified atom stereocenters. The van der Waals surface area contributed by atoms with Gasteiger partial charge < -0.3 is 19.7 Å². The van der Waals surface area contributed by atoms with Crippen LogP contribution in [0.4, 0.5) is 4.79 Å². The molecule has 1 amide bonds. The number of carbonyl (C=O) groups is 2. The summed E-state index contributed by atoms with van der Waals surface area (Å²) in [6, 6.07) is 0.0768. The van der Waals surface area contributed by atoms with Crippen molar-refractivity contribution < 1.29 is 19.1 Å². The molecule has 6 nitrogen and oxygen atoms in total. The highest BCUT2D eigenvalue weighted by molar-refractivity contribution is 6.17. The summed E-state index contributed by atoms with van der Waals surface area (Å²) in [6.45, 7) is 8.23. The summed E-state index contributed by atoms with van der Waals surface area (Å²) in [5.41, 5.74) is -0.470. The fraction of sp³-hybridized carbons (Fsp3) is 0.867. The molecule has 1 rings (SSSR count). The molecule has 0 radical (unpaired) electrons. The number of nitrogens with zero attached hydrogens (tertiary/aromatic N) is 1. The lowest BCUT2D eigenvalue weighted by atomic mass is 10.0. The fourth-order valence-electron chi connectivity index (χ4n) is 2.36. The number of piperidine rings is 1. The number of hydrogen-bond acceptors (Lipinski definition) is 5. The zero-order valence-electron chi connectivity index (χ0n) is 13.7. The highest BCUT2D eigenvalue weighted by Gasteiger charge is 2.23. The number of ether oxygens (including phenoxy) is 2. The number of hydrogen-bond donors (Lipinski definition) is 1. The predicted molar refractivity (Wildman–Crippen MR) is 84.9 cm³/mol. The first-order chi connectivity index (χ1) is 10.3. The Kier molecular flexibility index (Phi) is 7.96. The van der Waals surface area contributed by atoms with E-state index in [9.17, 15) is 9.59 Å². The molecule has 0 atom stereocenters. The highest BCUT2D eigenvalue weighted by atomic mass is 35.5. The third-order valence-electron chi connectivity index (χ3n) is 3.38. The average Bonchev–Trinajstić information content (AvgIpc) is 2.39. The maximum absolute atomic E-state index is 11.7. The van der Waals surface area contributed by atoms with Crippen LogP contribution in [0.5, 0.6) is 0 Å². The van der Waals surface area contributed by atoms with E-state index in [0.717, 1.165) is 38.9 Å². The summed E-state index contributed by atoms with van der Waals surface area (Å²) in [6.07, 6.45) is 2.59. The number of amides is 1. The molecule has 0 spiro atoms. The Hall–Kier alpha value is -1.01. The van der Waals surface area contributed by atoms with E-state index in [-0.39, 0.29) is 24.2 Å². The van der Waals surface area contributed by atoms with Crippen LogP contribution in [-0.2, 0) is 14.3 Å². The van der Waals surface area contributed by atoms with Crippen LogP contribution in [0, 0.1) is 0 Å². The number of alkyl halides is 1. The molecule has 1 aliphatic rings. The number of halogens is 1. The summed E-state index contributed by atoms with van der Waals surface area (Å²) in [5, 5.41) is 2.91. The summed E-state index contributed by atoms with van der Waals surface area (Å²) in [4.78, 5) is 25.2. The van der Waals surface area contributed by atoms with Crippen molar-refractivity contribution in [3.05, 3.63) is 0 Å². The maximum Gasteiger partial charge on any atom is 0.407 e. The summed E-state index contributed by atoms with van der Waals surface area (Å²) >= 11 is 5.32. The first kappa shape index (κ1) is 19.0. The molecule has 0 aliphatic carbocycles. The predicted octanol–water partition coefficient (Wildman–Crippen LogP) is 2.50. The van der Waals surface area contributed by atoms with Gasteiger partial charge in [-0.25, -0.2) is 4.79 Å². The molecule has 22 heavy (non-hydrogen) atoms. The number of rotatable bonds is 6. The molecular formula is C15H27ClN2O4. The maximum atomic E-state index is 11.7. The smallest absolute Gasteiger partial charge is 0.407 e. The fourth-order valence-corrected chi connectivity index (χ4v) is 2.48. The minimum absolute atomic E-state index is 0.0828. The van der Waals surface area contributed by atoms with Crippen LogP contribution >= 0.6 is 11.6 Å². The first-order valence-corrected chi connectivity index (χ1v) is 8.27. The molecule has 128 valence electrons. The second kappa shape index (κ2) is 9.20. The van der Waals surface area contributed by atoms with Crippen molar-refractivity contribution >= 4 is 23.7 Å². The van der Waals surface area contributed by atoms with Gasteiger partial charge in [-0.15, -0.1) is 0 Å². The molecule has 0 bridgehead atoms. The summed E-state index contributed by atoms with van der Waals surface area (Å²) in [7, 11) is 0. The van der Waals surface area contributed by atoms with E-state index >= 15 is 0 Å². The van der Waals surface area contributed by atoms with Crippen LogP contribution < -0.4 is 5.32 Å². The average molecular weight is 335 g/mol. The Bertz CT molecular complexity index is 363. The third kappa shape index (κ3) is 8.44. The van der Waals surface area contributed by atoms with Crippen molar-refractivity contribution in [1.82, 2.24) is 10.2 Å².